The lowest BCUT2D eigenvalue weighted by Crippen LogP contribution is -2.29. The van der Waals surface area contributed by atoms with Crippen LogP contribution in [0, 0.1) is 0 Å². The van der Waals surface area contributed by atoms with Crippen molar-refractivity contribution in [2.75, 3.05) is 43.5 Å². The maximum Gasteiger partial charge on any atom is 0.144 e. The molecule has 2 rings (SSSR count). The summed E-state index contributed by atoms with van der Waals surface area (Å²) in [6.07, 6.45) is 0.904. The molecular weight excluding hydrogens is 332 g/mol. The van der Waals surface area contributed by atoms with E-state index in [1.54, 1.807) is 18.2 Å². The summed E-state index contributed by atoms with van der Waals surface area (Å²) < 4.78 is 5.59. The highest BCUT2D eigenvalue weighted by atomic mass is 16.5. The van der Waals surface area contributed by atoms with Gasteiger partial charge in [-0.2, -0.15) is 10.2 Å². The van der Waals surface area contributed by atoms with Gasteiger partial charge in [-0.1, -0.05) is 6.92 Å². The van der Waals surface area contributed by atoms with Crippen LogP contribution in [0.3, 0.4) is 0 Å². The molecule has 0 radical (unpaired) electrons. The Labute approximate surface area is 153 Å². The van der Waals surface area contributed by atoms with Crippen molar-refractivity contribution < 1.29 is 14.9 Å². The van der Waals surface area contributed by atoms with Gasteiger partial charge in [0.25, 0.3) is 0 Å². The summed E-state index contributed by atoms with van der Waals surface area (Å²) in [6.45, 7) is 3.62. The number of aliphatic hydroxyl groups excluding tert-OH is 2. The van der Waals surface area contributed by atoms with Gasteiger partial charge in [0, 0.05) is 24.8 Å². The van der Waals surface area contributed by atoms with Crippen LogP contribution in [0.4, 0.5) is 22.7 Å². The van der Waals surface area contributed by atoms with Crippen LogP contribution in [0.5, 0.6) is 5.75 Å². The van der Waals surface area contributed by atoms with Crippen LogP contribution in [0.15, 0.2) is 52.7 Å². The third-order valence-electron chi connectivity index (χ3n) is 3.69. The Kier molecular flexibility index (Phi) is 7.85. The molecule has 0 aliphatic carbocycles. The van der Waals surface area contributed by atoms with Gasteiger partial charge in [0.15, 0.2) is 0 Å². The van der Waals surface area contributed by atoms with Gasteiger partial charge in [-0.05, 0) is 42.8 Å². The summed E-state index contributed by atoms with van der Waals surface area (Å²) in [6, 6.07) is 12.8. The lowest BCUT2D eigenvalue weighted by molar-refractivity contribution is 0.281. The first-order valence-corrected chi connectivity index (χ1v) is 8.68. The Morgan fingerprint density at radius 1 is 0.962 bits per heavy atom. The first kappa shape index (κ1) is 19.7. The van der Waals surface area contributed by atoms with Gasteiger partial charge in [-0.15, -0.1) is 0 Å². The van der Waals surface area contributed by atoms with E-state index < -0.39 is 0 Å². The zero-order valence-electron chi connectivity index (χ0n) is 15.0. The smallest absolute Gasteiger partial charge is 0.144 e. The fourth-order valence-corrected chi connectivity index (χ4v) is 2.38. The lowest BCUT2D eigenvalue weighted by Gasteiger charge is -2.22. The summed E-state index contributed by atoms with van der Waals surface area (Å²) in [5.74, 6) is 0.613. The number of rotatable bonds is 10. The van der Waals surface area contributed by atoms with Gasteiger partial charge in [-0.3, -0.25) is 0 Å². The van der Waals surface area contributed by atoms with Crippen LogP contribution in [0.25, 0.3) is 0 Å². The molecule has 0 spiro atoms. The van der Waals surface area contributed by atoms with Gasteiger partial charge < -0.3 is 25.6 Å². The fraction of sp³-hybridized carbons (Fsp3) is 0.368. The van der Waals surface area contributed by atoms with Gasteiger partial charge in [0.05, 0.1) is 36.9 Å². The summed E-state index contributed by atoms with van der Waals surface area (Å²) in [4.78, 5) is 1.90. The molecule has 0 unspecified atom stereocenters. The molecule has 0 saturated carbocycles. The topological polar surface area (TPSA) is 104 Å². The molecule has 0 saturated heterocycles. The van der Waals surface area contributed by atoms with E-state index in [4.69, 9.17) is 20.7 Å². The Morgan fingerprint density at radius 3 is 2.19 bits per heavy atom. The second-order valence-corrected chi connectivity index (χ2v) is 5.72. The van der Waals surface area contributed by atoms with Crippen molar-refractivity contribution in [3.05, 3.63) is 42.5 Å². The molecule has 7 heteroatoms. The highest BCUT2D eigenvalue weighted by molar-refractivity contribution is 5.59. The Bertz CT molecular complexity index is 698. The van der Waals surface area contributed by atoms with Crippen molar-refractivity contribution in [3.63, 3.8) is 0 Å². The summed E-state index contributed by atoms with van der Waals surface area (Å²) in [5, 5.41) is 26.7. The number of hydrogen-bond acceptors (Lipinski definition) is 7. The predicted molar refractivity (Wildman–Crippen MR) is 104 cm³/mol. The van der Waals surface area contributed by atoms with Crippen molar-refractivity contribution in [2.45, 2.75) is 13.3 Å². The minimum Gasteiger partial charge on any atom is -0.491 e. The standard InChI is InChI=1S/C19H26N4O3/c1-2-13-26-19-14-16(5-8-18(19)20)22-21-15-3-6-17(7-4-15)23(9-11-24)10-12-25/h3-8,14,24-25H,2,9-13,20H2,1H3. The van der Waals surface area contributed by atoms with E-state index in [0.717, 1.165) is 12.1 Å². The summed E-state index contributed by atoms with van der Waals surface area (Å²) in [7, 11) is 0. The van der Waals surface area contributed by atoms with Crippen LogP contribution in [-0.2, 0) is 0 Å². The van der Waals surface area contributed by atoms with Crippen LogP contribution in [-0.4, -0.2) is 43.1 Å². The number of benzene rings is 2. The first-order valence-electron chi connectivity index (χ1n) is 8.68. The number of hydrogen-bond donors (Lipinski definition) is 3. The van der Waals surface area contributed by atoms with Gasteiger partial charge >= 0.3 is 0 Å². The van der Waals surface area contributed by atoms with Crippen molar-refractivity contribution >= 4 is 22.7 Å². The maximum absolute atomic E-state index is 9.11. The minimum absolute atomic E-state index is 0.0288. The number of azo groups is 1. The van der Waals surface area contributed by atoms with E-state index in [0.29, 0.717) is 42.5 Å². The molecule has 2 aromatic carbocycles. The Balaban J connectivity index is 2.08. The number of nitrogen functional groups attached to an aromatic ring is 1. The Hall–Kier alpha value is -2.64. The molecular formula is C19H26N4O3. The highest BCUT2D eigenvalue weighted by Crippen LogP contribution is 2.29. The van der Waals surface area contributed by atoms with Crippen LogP contribution >= 0.6 is 0 Å². The SMILES string of the molecule is CCCOc1cc(N=Nc2ccc(N(CCO)CCO)cc2)ccc1N. The molecule has 0 amide bonds. The van der Waals surface area contributed by atoms with Crippen molar-refractivity contribution in [1.82, 2.24) is 0 Å². The van der Waals surface area contributed by atoms with Crippen molar-refractivity contribution in [2.24, 2.45) is 10.2 Å². The molecule has 4 N–H and O–H groups in total. The highest BCUT2D eigenvalue weighted by Gasteiger charge is 2.05. The van der Waals surface area contributed by atoms with E-state index in [9.17, 15) is 0 Å². The van der Waals surface area contributed by atoms with Gasteiger partial charge in [-0.25, -0.2) is 0 Å². The van der Waals surface area contributed by atoms with E-state index in [1.807, 2.05) is 36.1 Å². The first-order chi connectivity index (χ1) is 12.7. The molecule has 2 aromatic rings. The van der Waals surface area contributed by atoms with Gasteiger partial charge in [0.2, 0.25) is 0 Å². The number of nitrogens with two attached hydrogens (primary N) is 1. The van der Waals surface area contributed by atoms with Crippen molar-refractivity contribution in [3.8, 4) is 5.75 Å². The molecule has 0 atom stereocenters. The van der Waals surface area contributed by atoms with E-state index in [-0.39, 0.29) is 13.2 Å². The van der Waals surface area contributed by atoms with Crippen LogP contribution < -0.4 is 15.4 Å². The van der Waals surface area contributed by atoms with Crippen LogP contribution in [0.1, 0.15) is 13.3 Å². The normalized spacial score (nSPS) is 11.0. The third-order valence-corrected chi connectivity index (χ3v) is 3.69. The molecule has 0 aliphatic heterocycles. The molecule has 26 heavy (non-hydrogen) atoms. The fourth-order valence-electron chi connectivity index (χ4n) is 2.38. The molecule has 7 nitrogen and oxygen atoms in total. The number of aliphatic hydroxyl groups is 2. The maximum atomic E-state index is 9.11. The zero-order valence-corrected chi connectivity index (χ0v) is 15.0. The van der Waals surface area contributed by atoms with E-state index in [2.05, 4.69) is 10.2 Å². The Morgan fingerprint density at radius 2 is 1.58 bits per heavy atom. The summed E-state index contributed by atoms with van der Waals surface area (Å²) >= 11 is 0. The molecule has 0 bridgehead atoms. The quantitative estimate of drug-likeness (QED) is 0.447. The molecule has 140 valence electrons. The molecule has 0 aromatic heterocycles. The predicted octanol–water partition coefficient (Wildman–Crippen LogP) is 3.26. The number of ether oxygens (including phenoxy) is 1. The summed E-state index contributed by atoms with van der Waals surface area (Å²) in [5.41, 5.74) is 8.75. The molecule has 0 heterocycles. The van der Waals surface area contributed by atoms with Crippen LogP contribution in [0.2, 0.25) is 0 Å². The van der Waals surface area contributed by atoms with Crippen molar-refractivity contribution in [1.29, 1.82) is 0 Å². The zero-order chi connectivity index (χ0) is 18.8. The largest absolute Gasteiger partial charge is 0.491 e. The second kappa shape index (κ2) is 10.4. The lowest BCUT2D eigenvalue weighted by atomic mass is 10.2. The molecule has 0 fully saturated rings. The van der Waals surface area contributed by atoms with E-state index >= 15 is 0 Å². The van der Waals surface area contributed by atoms with E-state index in [1.165, 1.54) is 0 Å². The average Bonchev–Trinajstić information content (AvgIpc) is 2.66. The minimum atomic E-state index is 0.0288. The van der Waals surface area contributed by atoms with Gasteiger partial charge in [0.1, 0.15) is 5.75 Å². The second-order valence-electron chi connectivity index (χ2n) is 5.72. The molecule has 0 aliphatic rings. The number of anilines is 2. The average molecular weight is 358 g/mol. The monoisotopic (exact) mass is 358 g/mol. The third kappa shape index (κ3) is 5.72. The number of nitrogens with zero attached hydrogens (tertiary/aromatic N) is 3.